The first-order chi connectivity index (χ1) is 10.7. The van der Waals surface area contributed by atoms with E-state index < -0.39 is 0 Å². The molecular formula is C19H27N3. The van der Waals surface area contributed by atoms with Crippen LogP contribution in [-0.2, 0) is 13.0 Å². The van der Waals surface area contributed by atoms with Gasteiger partial charge in [-0.25, -0.2) is 0 Å². The lowest BCUT2D eigenvalue weighted by atomic mass is 10.1. The Morgan fingerprint density at radius 2 is 1.55 bits per heavy atom. The molecule has 0 fully saturated rings. The van der Waals surface area contributed by atoms with Crippen molar-refractivity contribution >= 4 is 0 Å². The lowest BCUT2D eigenvalue weighted by Crippen LogP contribution is -2.32. The van der Waals surface area contributed by atoms with Crippen LogP contribution in [0, 0.1) is 0 Å². The van der Waals surface area contributed by atoms with Crippen molar-refractivity contribution in [3.8, 4) is 0 Å². The Balaban J connectivity index is 1.84. The van der Waals surface area contributed by atoms with E-state index in [1.54, 1.807) is 0 Å². The molecule has 0 N–H and O–H groups in total. The quantitative estimate of drug-likeness (QED) is 0.709. The highest BCUT2D eigenvalue weighted by Crippen LogP contribution is 2.07. The van der Waals surface area contributed by atoms with Crippen molar-refractivity contribution in [3.63, 3.8) is 0 Å². The zero-order chi connectivity index (χ0) is 15.6. The second-order valence-corrected chi connectivity index (χ2v) is 6.02. The molecule has 0 spiro atoms. The summed E-state index contributed by atoms with van der Waals surface area (Å²) in [6.45, 7) is 4.33. The topological polar surface area (TPSA) is 19.4 Å². The van der Waals surface area contributed by atoms with Gasteiger partial charge in [0.2, 0.25) is 0 Å². The number of hydrogen-bond donors (Lipinski definition) is 0. The van der Waals surface area contributed by atoms with Crippen LogP contribution in [0.1, 0.15) is 17.5 Å². The maximum absolute atomic E-state index is 4.10. The van der Waals surface area contributed by atoms with Crippen LogP contribution in [0.3, 0.4) is 0 Å². The Hall–Kier alpha value is -1.71. The Labute approximate surface area is 134 Å². The molecular weight excluding hydrogens is 270 g/mol. The van der Waals surface area contributed by atoms with Crippen LogP contribution in [0.15, 0.2) is 54.9 Å². The van der Waals surface area contributed by atoms with Gasteiger partial charge in [0.05, 0.1) is 0 Å². The van der Waals surface area contributed by atoms with Gasteiger partial charge in [0.1, 0.15) is 0 Å². The third-order valence-corrected chi connectivity index (χ3v) is 3.80. The van der Waals surface area contributed by atoms with E-state index in [4.69, 9.17) is 0 Å². The molecule has 0 atom stereocenters. The van der Waals surface area contributed by atoms with Gasteiger partial charge in [0, 0.05) is 32.0 Å². The molecule has 0 bridgehead atoms. The standard InChI is InChI=1S/C19H27N3/c1-21(2)15-16-22(17-19-10-12-20-13-11-19)14-6-9-18-7-4-3-5-8-18/h3-5,7-8,10-13H,6,9,14-17H2,1-2H3. The van der Waals surface area contributed by atoms with Crippen LogP contribution >= 0.6 is 0 Å². The summed E-state index contributed by atoms with van der Waals surface area (Å²) in [5.74, 6) is 0. The van der Waals surface area contributed by atoms with Crippen LogP contribution in [0.2, 0.25) is 0 Å². The molecule has 3 heteroatoms. The highest BCUT2D eigenvalue weighted by Gasteiger charge is 2.07. The number of aryl methyl sites for hydroxylation is 1. The maximum Gasteiger partial charge on any atom is 0.0271 e. The van der Waals surface area contributed by atoms with Gasteiger partial charge in [-0.3, -0.25) is 9.88 Å². The zero-order valence-electron chi connectivity index (χ0n) is 13.8. The van der Waals surface area contributed by atoms with E-state index >= 15 is 0 Å². The highest BCUT2D eigenvalue weighted by molar-refractivity contribution is 5.14. The SMILES string of the molecule is CN(C)CCN(CCCc1ccccc1)Cc1ccncc1. The second-order valence-electron chi connectivity index (χ2n) is 6.02. The number of rotatable bonds is 9. The predicted octanol–water partition coefficient (Wildman–Crippen LogP) is 3.08. The first-order valence-electron chi connectivity index (χ1n) is 8.04. The monoisotopic (exact) mass is 297 g/mol. The van der Waals surface area contributed by atoms with Crippen molar-refractivity contribution in [2.45, 2.75) is 19.4 Å². The van der Waals surface area contributed by atoms with E-state index in [-0.39, 0.29) is 0 Å². The smallest absolute Gasteiger partial charge is 0.0271 e. The molecule has 2 aromatic rings. The van der Waals surface area contributed by atoms with Gasteiger partial charge in [-0.15, -0.1) is 0 Å². The summed E-state index contributed by atoms with van der Waals surface area (Å²) in [6, 6.07) is 15.0. The fraction of sp³-hybridized carbons (Fsp3) is 0.421. The van der Waals surface area contributed by atoms with Gasteiger partial charge >= 0.3 is 0 Å². The lowest BCUT2D eigenvalue weighted by molar-refractivity contribution is 0.231. The average molecular weight is 297 g/mol. The molecule has 1 aromatic heterocycles. The minimum Gasteiger partial charge on any atom is -0.308 e. The van der Waals surface area contributed by atoms with Crippen LogP contribution < -0.4 is 0 Å². The average Bonchev–Trinajstić information content (AvgIpc) is 2.54. The summed E-state index contributed by atoms with van der Waals surface area (Å²) >= 11 is 0. The molecule has 0 amide bonds. The number of nitrogens with zero attached hydrogens (tertiary/aromatic N) is 3. The molecule has 0 saturated carbocycles. The number of hydrogen-bond acceptors (Lipinski definition) is 3. The number of benzene rings is 1. The summed E-state index contributed by atoms with van der Waals surface area (Å²) in [5, 5.41) is 0. The first kappa shape index (κ1) is 16.7. The van der Waals surface area contributed by atoms with Crippen LogP contribution in [0.25, 0.3) is 0 Å². The van der Waals surface area contributed by atoms with Gasteiger partial charge in [-0.05, 0) is 56.7 Å². The Kier molecular flexibility index (Phi) is 7.07. The van der Waals surface area contributed by atoms with Gasteiger partial charge in [0.15, 0.2) is 0 Å². The molecule has 1 heterocycles. The summed E-state index contributed by atoms with van der Waals surface area (Å²) in [6.07, 6.45) is 6.10. The van der Waals surface area contributed by atoms with Crippen molar-refractivity contribution in [1.29, 1.82) is 0 Å². The molecule has 0 unspecified atom stereocenters. The molecule has 2 rings (SSSR count). The summed E-state index contributed by atoms with van der Waals surface area (Å²) in [5.41, 5.74) is 2.77. The third kappa shape index (κ3) is 6.37. The van der Waals surface area contributed by atoms with Crippen molar-refractivity contribution in [1.82, 2.24) is 14.8 Å². The molecule has 118 valence electrons. The van der Waals surface area contributed by atoms with Crippen molar-refractivity contribution in [2.75, 3.05) is 33.7 Å². The predicted molar refractivity (Wildman–Crippen MR) is 92.8 cm³/mol. The van der Waals surface area contributed by atoms with Gasteiger partial charge < -0.3 is 4.90 Å². The normalized spacial score (nSPS) is 11.3. The van der Waals surface area contributed by atoms with Crippen molar-refractivity contribution < 1.29 is 0 Å². The number of pyridine rings is 1. The van der Waals surface area contributed by atoms with E-state index in [1.165, 1.54) is 17.5 Å². The minimum absolute atomic E-state index is 1.01. The zero-order valence-corrected chi connectivity index (χ0v) is 13.8. The molecule has 0 aliphatic heterocycles. The summed E-state index contributed by atoms with van der Waals surface area (Å²) in [4.78, 5) is 8.89. The van der Waals surface area contributed by atoms with Crippen LogP contribution in [0.4, 0.5) is 0 Å². The van der Waals surface area contributed by atoms with Gasteiger partial charge in [0.25, 0.3) is 0 Å². The summed E-state index contributed by atoms with van der Waals surface area (Å²) in [7, 11) is 4.27. The third-order valence-electron chi connectivity index (χ3n) is 3.80. The Morgan fingerprint density at radius 1 is 0.818 bits per heavy atom. The van der Waals surface area contributed by atoms with Crippen LogP contribution in [0.5, 0.6) is 0 Å². The molecule has 0 radical (unpaired) electrons. The minimum atomic E-state index is 1.01. The largest absolute Gasteiger partial charge is 0.308 e. The van der Waals surface area contributed by atoms with Gasteiger partial charge in [-0.1, -0.05) is 30.3 Å². The van der Waals surface area contributed by atoms with E-state index in [1.807, 2.05) is 12.4 Å². The summed E-state index contributed by atoms with van der Waals surface area (Å²) < 4.78 is 0. The first-order valence-corrected chi connectivity index (χ1v) is 8.04. The van der Waals surface area contributed by atoms with E-state index in [2.05, 4.69) is 71.3 Å². The van der Waals surface area contributed by atoms with Crippen molar-refractivity contribution in [2.24, 2.45) is 0 Å². The Morgan fingerprint density at radius 3 is 2.23 bits per heavy atom. The maximum atomic E-state index is 4.10. The number of aromatic nitrogens is 1. The fourth-order valence-corrected chi connectivity index (χ4v) is 2.51. The fourth-order valence-electron chi connectivity index (χ4n) is 2.51. The molecule has 0 aliphatic rings. The van der Waals surface area contributed by atoms with E-state index in [0.29, 0.717) is 0 Å². The van der Waals surface area contributed by atoms with E-state index in [9.17, 15) is 0 Å². The molecule has 22 heavy (non-hydrogen) atoms. The molecule has 0 saturated heterocycles. The van der Waals surface area contributed by atoms with E-state index in [0.717, 1.165) is 32.6 Å². The lowest BCUT2D eigenvalue weighted by Gasteiger charge is -2.24. The molecule has 0 aliphatic carbocycles. The Bertz CT molecular complexity index is 511. The second kappa shape index (κ2) is 9.34. The van der Waals surface area contributed by atoms with Crippen molar-refractivity contribution in [3.05, 3.63) is 66.0 Å². The molecule has 1 aromatic carbocycles. The van der Waals surface area contributed by atoms with Crippen LogP contribution in [-0.4, -0.2) is 48.5 Å². The highest BCUT2D eigenvalue weighted by atomic mass is 15.2. The number of likely N-dealkylation sites (N-methyl/N-ethyl adjacent to an activating group) is 1. The molecule has 3 nitrogen and oxygen atoms in total. The van der Waals surface area contributed by atoms with Gasteiger partial charge in [-0.2, -0.15) is 0 Å².